The maximum atomic E-state index is 5.62. The Balaban J connectivity index is 2.85. The lowest BCUT2D eigenvalue weighted by molar-refractivity contribution is 0.0831. The van der Waals surface area contributed by atoms with Crippen LogP contribution in [0.2, 0.25) is 0 Å². The van der Waals surface area contributed by atoms with E-state index in [1.54, 1.807) is 11.3 Å². The van der Waals surface area contributed by atoms with Crippen molar-refractivity contribution in [2.75, 3.05) is 19.8 Å². The monoisotopic (exact) mass is 270 g/mol. The molecule has 0 fully saturated rings. The summed E-state index contributed by atoms with van der Waals surface area (Å²) in [6, 6.07) is 0. The maximum Gasteiger partial charge on any atom is 0.115 e. The van der Waals surface area contributed by atoms with Crippen molar-refractivity contribution >= 4 is 11.3 Å². The largest absolute Gasteiger partial charge is 0.379 e. The summed E-state index contributed by atoms with van der Waals surface area (Å²) in [5.41, 5.74) is 1.01. The van der Waals surface area contributed by atoms with E-state index in [-0.39, 0.29) is 5.54 Å². The molecule has 1 unspecified atom stereocenters. The van der Waals surface area contributed by atoms with Crippen molar-refractivity contribution in [3.63, 3.8) is 0 Å². The Morgan fingerprint density at radius 1 is 1.44 bits per heavy atom. The van der Waals surface area contributed by atoms with E-state index < -0.39 is 0 Å². The predicted octanol–water partition coefficient (Wildman–Crippen LogP) is 3.52. The second-order valence-corrected chi connectivity index (χ2v) is 5.99. The number of nitrogens with one attached hydrogen (secondary N) is 1. The standard InChI is InChI=1S/C14H26N2OS/c1-6-8-15-14(5,10-17-7-2)13-16-12(9-18-13)11(3)4/h9,11,15H,6-8,10H2,1-5H3. The van der Waals surface area contributed by atoms with Gasteiger partial charge in [0.1, 0.15) is 5.01 Å². The summed E-state index contributed by atoms with van der Waals surface area (Å²) < 4.78 is 5.62. The van der Waals surface area contributed by atoms with Crippen LogP contribution in [0.5, 0.6) is 0 Å². The molecular formula is C14H26N2OS. The molecule has 1 aromatic heterocycles. The third kappa shape index (κ3) is 4.04. The maximum absolute atomic E-state index is 5.62. The number of rotatable bonds is 8. The number of thiazole rings is 1. The third-order valence-electron chi connectivity index (χ3n) is 2.95. The molecule has 1 atom stereocenters. The molecule has 4 heteroatoms. The minimum absolute atomic E-state index is 0.163. The van der Waals surface area contributed by atoms with Gasteiger partial charge in [0.05, 0.1) is 17.8 Å². The smallest absolute Gasteiger partial charge is 0.115 e. The van der Waals surface area contributed by atoms with Crippen molar-refractivity contribution < 1.29 is 4.74 Å². The lowest BCUT2D eigenvalue weighted by Gasteiger charge is -2.28. The van der Waals surface area contributed by atoms with Crippen molar-refractivity contribution in [3.8, 4) is 0 Å². The average Bonchev–Trinajstić information content (AvgIpc) is 2.84. The van der Waals surface area contributed by atoms with Crippen LogP contribution in [0, 0.1) is 0 Å². The fraction of sp³-hybridized carbons (Fsp3) is 0.786. The van der Waals surface area contributed by atoms with Crippen LogP contribution in [0.3, 0.4) is 0 Å². The number of ether oxygens (including phenoxy) is 1. The Kier molecular flexibility index (Phi) is 6.26. The van der Waals surface area contributed by atoms with E-state index in [1.165, 1.54) is 5.69 Å². The van der Waals surface area contributed by atoms with Gasteiger partial charge in [-0.15, -0.1) is 11.3 Å². The summed E-state index contributed by atoms with van der Waals surface area (Å²) in [5.74, 6) is 0.484. The lowest BCUT2D eigenvalue weighted by atomic mass is 10.0. The van der Waals surface area contributed by atoms with Crippen LogP contribution in [-0.2, 0) is 10.3 Å². The van der Waals surface area contributed by atoms with Crippen molar-refractivity contribution in [3.05, 3.63) is 16.1 Å². The fourth-order valence-corrected chi connectivity index (χ4v) is 2.81. The van der Waals surface area contributed by atoms with Gasteiger partial charge >= 0.3 is 0 Å². The summed E-state index contributed by atoms with van der Waals surface area (Å²) in [4.78, 5) is 4.76. The van der Waals surface area contributed by atoms with Crippen molar-refractivity contribution in [1.29, 1.82) is 0 Å². The normalized spacial score (nSPS) is 15.0. The van der Waals surface area contributed by atoms with Crippen molar-refractivity contribution in [2.24, 2.45) is 0 Å². The van der Waals surface area contributed by atoms with Gasteiger partial charge in [-0.05, 0) is 32.7 Å². The molecule has 3 nitrogen and oxygen atoms in total. The molecule has 0 saturated carbocycles. The van der Waals surface area contributed by atoms with Gasteiger partial charge in [0.15, 0.2) is 0 Å². The van der Waals surface area contributed by atoms with Gasteiger partial charge in [-0.25, -0.2) is 4.98 Å². The van der Waals surface area contributed by atoms with E-state index in [0.29, 0.717) is 12.5 Å². The summed E-state index contributed by atoms with van der Waals surface area (Å²) in [6.45, 7) is 13.1. The summed E-state index contributed by atoms with van der Waals surface area (Å²) >= 11 is 1.73. The molecule has 1 heterocycles. The van der Waals surface area contributed by atoms with Crippen LogP contribution in [0.15, 0.2) is 5.38 Å². The Morgan fingerprint density at radius 3 is 2.67 bits per heavy atom. The van der Waals surface area contributed by atoms with Crippen LogP contribution in [0.1, 0.15) is 57.7 Å². The predicted molar refractivity (Wildman–Crippen MR) is 78.3 cm³/mol. The first-order chi connectivity index (χ1) is 8.53. The number of nitrogens with zero attached hydrogens (tertiary/aromatic N) is 1. The van der Waals surface area contributed by atoms with Crippen LogP contribution in [0.4, 0.5) is 0 Å². The Bertz CT molecular complexity index is 341. The van der Waals surface area contributed by atoms with Crippen LogP contribution >= 0.6 is 11.3 Å². The molecule has 0 bridgehead atoms. The van der Waals surface area contributed by atoms with Gasteiger partial charge < -0.3 is 10.1 Å². The molecule has 0 aliphatic carbocycles. The van der Waals surface area contributed by atoms with Gasteiger partial charge in [-0.3, -0.25) is 0 Å². The molecule has 0 saturated heterocycles. The molecule has 18 heavy (non-hydrogen) atoms. The fourth-order valence-electron chi connectivity index (χ4n) is 1.70. The minimum Gasteiger partial charge on any atom is -0.379 e. The quantitative estimate of drug-likeness (QED) is 0.785. The van der Waals surface area contributed by atoms with E-state index >= 15 is 0 Å². The molecule has 0 radical (unpaired) electrons. The number of hydrogen-bond acceptors (Lipinski definition) is 4. The first kappa shape index (κ1) is 15.6. The third-order valence-corrected chi connectivity index (χ3v) is 4.07. The zero-order chi connectivity index (χ0) is 13.6. The molecule has 1 N–H and O–H groups in total. The highest BCUT2D eigenvalue weighted by molar-refractivity contribution is 7.09. The molecular weight excluding hydrogens is 244 g/mol. The second-order valence-electron chi connectivity index (χ2n) is 5.13. The molecule has 1 rings (SSSR count). The molecule has 1 aromatic rings. The van der Waals surface area contributed by atoms with Crippen molar-refractivity contribution in [2.45, 2.75) is 52.5 Å². The zero-order valence-corrected chi connectivity index (χ0v) is 13.1. The highest BCUT2D eigenvalue weighted by Gasteiger charge is 2.29. The average molecular weight is 270 g/mol. The van der Waals surface area contributed by atoms with Crippen LogP contribution in [0.25, 0.3) is 0 Å². The Labute approximate surface area is 115 Å². The Morgan fingerprint density at radius 2 is 2.17 bits per heavy atom. The summed E-state index contributed by atoms with van der Waals surface area (Å²) in [7, 11) is 0. The zero-order valence-electron chi connectivity index (χ0n) is 12.2. The van der Waals surface area contributed by atoms with E-state index in [0.717, 1.165) is 24.6 Å². The van der Waals surface area contributed by atoms with Crippen molar-refractivity contribution in [1.82, 2.24) is 10.3 Å². The van der Waals surface area contributed by atoms with Gasteiger partial charge in [0, 0.05) is 12.0 Å². The van der Waals surface area contributed by atoms with E-state index in [9.17, 15) is 0 Å². The topological polar surface area (TPSA) is 34.1 Å². The van der Waals surface area contributed by atoms with Gasteiger partial charge in [-0.2, -0.15) is 0 Å². The minimum atomic E-state index is -0.163. The van der Waals surface area contributed by atoms with Gasteiger partial charge in [0.25, 0.3) is 0 Å². The molecule has 0 aliphatic rings. The molecule has 0 aliphatic heterocycles. The molecule has 0 spiro atoms. The van der Waals surface area contributed by atoms with Crippen LogP contribution in [-0.4, -0.2) is 24.7 Å². The van der Waals surface area contributed by atoms with E-state index in [1.807, 2.05) is 6.92 Å². The van der Waals surface area contributed by atoms with Gasteiger partial charge in [0.2, 0.25) is 0 Å². The number of aromatic nitrogens is 1. The number of hydrogen-bond donors (Lipinski definition) is 1. The highest BCUT2D eigenvalue weighted by Crippen LogP contribution is 2.27. The highest BCUT2D eigenvalue weighted by atomic mass is 32.1. The first-order valence-electron chi connectivity index (χ1n) is 6.82. The molecule has 0 amide bonds. The van der Waals surface area contributed by atoms with E-state index in [4.69, 9.17) is 9.72 Å². The SMILES string of the molecule is CCCNC(C)(COCC)c1nc(C(C)C)cs1. The second kappa shape index (κ2) is 7.22. The van der Waals surface area contributed by atoms with Crippen LogP contribution < -0.4 is 5.32 Å². The van der Waals surface area contributed by atoms with E-state index in [2.05, 4.69) is 38.4 Å². The lowest BCUT2D eigenvalue weighted by Crippen LogP contribution is -2.44. The summed E-state index contributed by atoms with van der Waals surface area (Å²) in [5, 5.41) is 6.87. The van der Waals surface area contributed by atoms with Gasteiger partial charge in [-0.1, -0.05) is 20.8 Å². The first-order valence-corrected chi connectivity index (χ1v) is 7.70. The Hall–Kier alpha value is -0.450. The molecule has 0 aromatic carbocycles. The molecule has 104 valence electrons. The summed E-state index contributed by atoms with van der Waals surface area (Å²) in [6.07, 6.45) is 1.12.